The molecule has 0 bridgehead atoms. The molecule has 0 amide bonds. The number of methoxy groups -OCH3 is 1. The SMILES string of the molecule is COc1cc(C=NNc2nc(-c3ccccc3)c(C#N)c(=O)[nH]2)cc(Cl)c1OCc1ccccc1. The van der Waals surface area contributed by atoms with Crippen molar-refractivity contribution < 1.29 is 9.47 Å². The summed E-state index contributed by atoms with van der Waals surface area (Å²) in [5, 5.41) is 13.9. The molecule has 0 fully saturated rings. The van der Waals surface area contributed by atoms with Gasteiger partial charge < -0.3 is 9.47 Å². The van der Waals surface area contributed by atoms with E-state index in [0.717, 1.165) is 5.56 Å². The lowest BCUT2D eigenvalue weighted by Crippen LogP contribution is -2.16. The topological polar surface area (TPSA) is 112 Å². The van der Waals surface area contributed by atoms with Gasteiger partial charge in [0.15, 0.2) is 11.5 Å². The monoisotopic (exact) mass is 485 g/mol. The number of nitriles is 1. The molecule has 1 aromatic heterocycles. The number of ether oxygens (including phenoxy) is 2. The smallest absolute Gasteiger partial charge is 0.270 e. The molecule has 8 nitrogen and oxygen atoms in total. The van der Waals surface area contributed by atoms with E-state index in [-0.39, 0.29) is 17.2 Å². The van der Waals surface area contributed by atoms with Crippen LogP contribution in [-0.4, -0.2) is 23.3 Å². The van der Waals surface area contributed by atoms with Gasteiger partial charge in [0, 0.05) is 5.56 Å². The van der Waals surface area contributed by atoms with Crippen LogP contribution in [0.5, 0.6) is 11.5 Å². The maximum absolute atomic E-state index is 12.4. The molecule has 0 spiro atoms. The average Bonchev–Trinajstić information content (AvgIpc) is 2.88. The molecule has 2 N–H and O–H groups in total. The zero-order chi connectivity index (χ0) is 24.6. The van der Waals surface area contributed by atoms with Gasteiger partial charge in [-0.05, 0) is 23.3 Å². The van der Waals surface area contributed by atoms with Gasteiger partial charge in [0.1, 0.15) is 18.2 Å². The van der Waals surface area contributed by atoms with Gasteiger partial charge >= 0.3 is 0 Å². The highest BCUT2D eigenvalue weighted by Gasteiger charge is 2.14. The molecule has 35 heavy (non-hydrogen) atoms. The minimum absolute atomic E-state index is 0.0756. The molecule has 0 aliphatic carbocycles. The first-order valence-electron chi connectivity index (χ1n) is 10.5. The molecule has 0 saturated carbocycles. The number of aromatic amines is 1. The summed E-state index contributed by atoms with van der Waals surface area (Å²) in [5.41, 5.74) is 4.59. The Morgan fingerprint density at radius 1 is 1.14 bits per heavy atom. The predicted octanol–water partition coefficient (Wildman–Crippen LogP) is 5.00. The van der Waals surface area contributed by atoms with Crippen LogP contribution in [0.2, 0.25) is 5.02 Å². The van der Waals surface area contributed by atoms with E-state index in [1.165, 1.54) is 13.3 Å². The number of hydrogen-bond donors (Lipinski definition) is 2. The lowest BCUT2D eigenvalue weighted by atomic mass is 10.1. The molecular formula is C26H20ClN5O3. The second-order valence-corrected chi connectivity index (χ2v) is 7.70. The number of rotatable bonds is 8. The van der Waals surface area contributed by atoms with Crippen LogP contribution in [0.1, 0.15) is 16.7 Å². The highest BCUT2D eigenvalue weighted by molar-refractivity contribution is 6.32. The van der Waals surface area contributed by atoms with Crippen molar-refractivity contribution in [3.05, 3.63) is 105 Å². The van der Waals surface area contributed by atoms with E-state index < -0.39 is 5.56 Å². The number of H-pyrrole nitrogens is 1. The van der Waals surface area contributed by atoms with Crippen molar-refractivity contribution in [2.24, 2.45) is 5.10 Å². The van der Waals surface area contributed by atoms with E-state index in [1.54, 1.807) is 36.4 Å². The molecule has 4 aromatic rings. The molecule has 0 aliphatic rings. The van der Waals surface area contributed by atoms with Crippen molar-refractivity contribution >= 4 is 23.8 Å². The standard InChI is InChI=1S/C26H20ClN5O3/c1-34-22-13-18(12-21(27)24(22)35-16-17-8-4-2-5-9-17)15-29-32-26-30-23(19-10-6-3-7-11-19)20(14-28)25(33)31-26/h2-13,15H,16H2,1H3,(H2,30,31,32,33). The van der Waals surface area contributed by atoms with Gasteiger partial charge in [-0.2, -0.15) is 10.4 Å². The third-order valence-electron chi connectivity index (χ3n) is 4.94. The number of nitrogens with one attached hydrogen (secondary N) is 2. The highest BCUT2D eigenvalue weighted by Crippen LogP contribution is 2.36. The van der Waals surface area contributed by atoms with E-state index in [0.29, 0.717) is 34.3 Å². The number of anilines is 1. The number of aromatic nitrogens is 2. The lowest BCUT2D eigenvalue weighted by Gasteiger charge is -2.13. The summed E-state index contributed by atoms with van der Waals surface area (Å²) >= 11 is 6.44. The van der Waals surface area contributed by atoms with Crippen LogP contribution in [0.4, 0.5) is 5.95 Å². The normalized spacial score (nSPS) is 10.7. The summed E-state index contributed by atoms with van der Waals surface area (Å²) in [6.07, 6.45) is 1.50. The second kappa shape index (κ2) is 11.0. The van der Waals surface area contributed by atoms with Gasteiger partial charge in [-0.1, -0.05) is 72.3 Å². The summed E-state index contributed by atoms with van der Waals surface area (Å²) in [5.74, 6) is 0.963. The first-order chi connectivity index (χ1) is 17.1. The van der Waals surface area contributed by atoms with Crippen molar-refractivity contribution in [2.75, 3.05) is 12.5 Å². The van der Waals surface area contributed by atoms with Gasteiger partial charge in [0.25, 0.3) is 5.56 Å². The fourth-order valence-electron chi connectivity index (χ4n) is 3.29. The Bertz CT molecular complexity index is 1450. The minimum Gasteiger partial charge on any atom is -0.493 e. The van der Waals surface area contributed by atoms with Crippen LogP contribution in [-0.2, 0) is 6.61 Å². The Kier molecular flexibility index (Phi) is 7.40. The van der Waals surface area contributed by atoms with E-state index >= 15 is 0 Å². The van der Waals surface area contributed by atoms with Crippen molar-refractivity contribution in [2.45, 2.75) is 6.61 Å². The van der Waals surface area contributed by atoms with Crippen LogP contribution in [0.15, 0.2) is 82.7 Å². The largest absolute Gasteiger partial charge is 0.493 e. The zero-order valence-corrected chi connectivity index (χ0v) is 19.4. The minimum atomic E-state index is -0.566. The molecule has 0 unspecified atom stereocenters. The van der Waals surface area contributed by atoms with Gasteiger partial charge in [-0.3, -0.25) is 9.78 Å². The molecular weight excluding hydrogens is 466 g/mol. The quantitative estimate of drug-likeness (QED) is 0.268. The maximum Gasteiger partial charge on any atom is 0.270 e. The van der Waals surface area contributed by atoms with Gasteiger partial charge in [0.2, 0.25) is 5.95 Å². The Balaban J connectivity index is 1.53. The Morgan fingerprint density at radius 2 is 1.86 bits per heavy atom. The second-order valence-electron chi connectivity index (χ2n) is 7.29. The molecule has 4 rings (SSSR count). The highest BCUT2D eigenvalue weighted by atomic mass is 35.5. The Hall–Kier alpha value is -4.61. The molecule has 3 aromatic carbocycles. The van der Waals surface area contributed by atoms with Crippen LogP contribution >= 0.6 is 11.6 Å². The van der Waals surface area contributed by atoms with Crippen LogP contribution in [0.25, 0.3) is 11.3 Å². The third kappa shape index (κ3) is 5.66. The van der Waals surface area contributed by atoms with E-state index in [9.17, 15) is 10.1 Å². The molecule has 0 atom stereocenters. The summed E-state index contributed by atoms with van der Waals surface area (Å²) in [6.45, 7) is 0.341. The Morgan fingerprint density at radius 3 is 2.54 bits per heavy atom. The molecule has 9 heteroatoms. The number of halogens is 1. The van der Waals surface area contributed by atoms with Crippen molar-refractivity contribution in [3.8, 4) is 28.8 Å². The fraction of sp³-hybridized carbons (Fsp3) is 0.0769. The van der Waals surface area contributed by atoms with Crippen molar-refractivity contribution in [3.63, 3.8) is 0 Å². The molecule has 174 valence electrons. The molecule has 0 saturated heterocycles. The summed E-state index contributed by atoms with van der Waals surface area (Å²) in [6, 6.07) is 24.0. The number of benzene rings is 3. The van der Waals surface area contributed by atoms with Crippen LogP contribution in [0, 0.1) is 11.3 Å². The summed E-state index contributed by atoms with van der Waals surface area (Å²) in [4.78, 5) is 19.2. The van der Waals surface area contributed by atoms with Crippen molar-refractivity contribution in [1.82, 2.24) is 9.97 Å². The van der Waals surface area contributed by atoms with E-state index in [2.05, 4.69) is 20.5 Å². The molecule has 0 aliphatic heterocycles. The van der Waals surface area contributed by atoms with Crippen LogP contribution < -0.4 is 20.5 Å². The number of hydrogen-bond acceptors (Lipinski definition) is 7. The molecule has 1 heterocycles. The number of nitrogens with zero attached hydrogens (tertiary/aromatic N) is 3. The average molecular weight is 486 g/mol. The lowest BCUT2D eigenvalue weighted by molar-refractivity contribution is 0.284. The van der Waals surface area contributed by atoms with E-state index in [1.807, 2.05) is 42.5 Å². The predicted molar refractivity (Wildman–Crippen MR) is 135 cm³/mol. The van der Waals surface area contributed by atoms with Gasteiger partial charge in [-0.25, -0.2) is 10.4 Å². The zero-order valence-electron chi connectivity index (χ0n) is 18.7. The summed E-state index contributed by atoms with van der Waals surface area (Å²) < 4.78 is 11.3. The first-order valence-corrected chi connectivity index (χ1v) is 10.9. The van der Waals surface area contributed by atoms with Crippen LogP contribution in [0.3, 0.4) is 0 Å². The first kappa shape index (κ1) is 23.5. The fourth-order valence-corrected chi connectivity index (χ4v) is 3.56. The van der Waals surface area contributed by atoms with Gasteiger partial charge in [0.05, 0.1) is 24.0 Å². The van der Waals surface area contributed by atoms with Crippen molar-refractivity contribution in [1.29, 1.82) is 5.26 Å². The summed E-state index contributed by atoms with van der Waals surface area (Å²) in [7, 11) is 1.52. The van der Waals surface area contributed by atoms with Gasteiger partial charge in [-0.15, -0.1) is 0 Å². The van der Waals surface area contributed by atoms with E-state index in [4.69, 9.17) is 21.1 Å². The Labute approximate surface area is 206 Å². The third-order valence-corrected chi connectivity index (χ3v) is 5.22. The molecule has 0 radical (unpaired) electrons. The number of hydrazone groups is 1. The maximum atomic E-state index is 12.4.